The molecule has 24 heavy (non-hydrogen) atoms. The van der Waals surface area contributed by atoms with Gasteiger partial charge in [0.15, 0.2) is 0 Å². The maximum atomic E-state index is 5.12. The number of hydrogen-bond acceptors (Lipinski definition) is 4. The molecule has 0 bridgehead atoms. The van der Waals surface area contributed by atoms with E-state index in [0.717, 1.165) is 11.8 Å². The van der Waals surface area contributed by atoms with Gasteiger partial charge in [0, 0.05) is 6.20 Å². The van der Waals surface area contributed by atoms with E-state index in [2.05, 4.69) is 93.1 Å². The minimum absolute atomic E-state index is 0.951. The van der Waals surface area contributed by atoms with Gasteiger partial charge >= 0.3 is 0 Å². The maximum absolute atomic E-state index is 5.12. The van der Waals surface area contributed by atoms with E-state index < -0.39 is 32.9 Å². The minimum Gasteiger partial charge on any atom is -0.410 e. The molecule has 4 nitrogen and oxygen atoms in total. The molecule has 1 rings (SSSR count). The monoisotopic (exact) mass is 398 g/mol. The normalized spacial score (nSPS) is 13.8. The van der Waals surface area contributed by atoms with Crippen LogP contribution < -0.4 is 8.46 Å². The van der Waals surface area contributed by atoms with E-state index in [4.69, 9.17) is 9.97 Å². The predicted octanol–water partition coefficient (Wildman–Crippen LogP) is 5.43. The van der Waals surface area contributed by atoms with Crippen molar-refractivity contribution in [3.63, 3.8) is 0 Å². The Hall–Kier alpha value is -0.452. The summed E-state index contributed by atoms with van der Waals surface area (Å²) < 4.78 is 5.29. The van der Waals surface area contributed by atoms with Crippen LogP contribution in [0.1, 0.15) is 0 Å². The van der Waals surface area contributed by atoms with E-state index in [1.807, 2.05) is 6.20 Å². The second-order valence-electron chi connectivity index (χ2n) is 10.6. The summed E-state index contributed by atoms with van der Waals surface area (Å²) in [5.74, 6) is 2.09. The van der Waals surface area contributed by atoms with Crippen LogP contribution in [-0.2, 0) is 0 Å². The van der Waals surface area contributed by atoms with Gasteiger partial charge in [0.1, 0.15) is 38.8 Å². The van der Waals surface area contributed by atoms with E-state index in [1.54, 1.807) is 0 Å². The molecule has 1 aromatic heterocycles. The van der Waals surface area contributed by atoms with Gasteiger partial charge in [0.25, 0.3) is 0 Å². The fourth-order valence-electron chi connectivity index (χ4n) is 3.87. The summed E-state index contributed by atoms with van der Waals surface area (Å²) in [6.45, 7) is 28.9. The Kier molecular flexibility index (Phi) is 6.02. The SMILES string of the molecule is C[Si](C)(C)N(c1ccnc(N([Si](C)(C)C)[Si](C)(C)C)n1)[Si](C)(C)C. The van der Waals surface area contributed by atoms with Gasteiger partial charge in [-0.25, -0.2) is 4.98 Å². The lowest BCUT2D eigenvalue weighted by Crippen LogP contribution is -2.61. The first-order valence-corrected chi connectivity index (χ1v) is 22.7. The van der Waals surface area contributed by atoms with Crippen molar-refractivity contribution >= 4 is 44.7 Å². The Morgan fingerprint density at radius 1 is 0.625 bits per heavy atom. The fraction of sp³-hybridized carbons (Fsp3) is 0.750. The molecule has 0 saturated heterocycles. The second-order valence-corrected chi connectivity index (χ2v) is 30.6. The van der Waals surface area contributed by atoms with Crippen LogP contribution in [0.5, 0.6) is 0 Å². The molecule has 0 spiro atoms. The maximum Gasteiger partial charge on any atom is 0.210 e. The van der Waals surface area contributed by atoms with Crippen LogP contribution in [0.15, 0.2) is 12.3 Å². The van der Waals surface area contributed by atoms with Crippen LogP contribution in [0.2, 0.25) is 78.6 Å². The summed E-state index contributed by atoms with van der Waals surface area (Å²) in [7, 11) is -6.08. The van der Waals surface area contributed by atoms with Crippen molar-refractivity contribution in [2.24, 2.45) is 0 Å². The van der Waals surface area contributed by atoms with Crippen molar-refractivity contribution in [3.05, 3.63) is 12.3 Å². The highest BCUT2D eigenvalue weighted by Gasteiger charge is 2.39. The quantitative estimate of drug-likeness (QED) is 0.598. The first-order chi connectivity index (χ1) is 10.5. The summed E-state index contributed by atoms with van der Waals surface area (Å²) in [5, 5.41) is 0. The zero-order valence-corrected chi connectivity index (χ0v) is 21.9. The average molecular weight is 399 g/mol. The Balaban J connectivity index is 3.51. The molecule has 0 fully saturated rings. The van der Waals surface area contributed by atoms with Crippen LogP contribution in [0.3, 0.4) is 0 Å². The van der Waals surface area contributed by atoms with Crippen LogP contribution in [0.4, 0.5) is 11.8 Å². The molecule has 0 aromatic carbocycles. The number of rotatable bonds is 6. The van der Waals surface area contributed by atoms with Crippen LogP contribution in [0, 0.1) is 0 Å². The van der Waals surface area contributed by atoms with Crippen molar-refractivity contribution in [3.8, 4) is 0 Å². The zero-order valence-electron chi connectivity index (χ0n) is 17.9. The average Bonchev–Trinajstić information content (AvgIpc) is 2.20. The molecule has 0 aliphatic rings. The molecule has 0 saturated carbocycles. The molecule has 0 aliphatic heterocycles. The molecule has 0 aliphatic carbocycles. The van der Waals surface area contributed by atoms with Crippen LogP contribution in [0.25, 0.3) is 0 Å². The third-order valence-electron chi connectivity index (χ3n) is 3.74. The summed E-state index contributed by atoms with van der Waals surface area (Å²) >= 11 is 0. The lowest BCUT2D eigenvalue weighted by molar-refractivity contribution is 1.09. The summed E-state index contributed by atoms with van der Waals surface area (Å²) in [4.78, 5) is 9.83. The van der Waals surface area contributed by atoms with Crippen molar-refractivity contribution in [1.82, 2.24) is 9.97 Å². The zero-order chi connectivity index (χ0) is 19.1. The number of aromatic nitrogens is 2. The topological polar surface area (TPSA) is 32.3 Å². The van der Waals surface area contributed by atoms with Gasteiger partial charge in [-0.05, 0) is 6.07 Å². The van der Waals surface area contributed by atoms with Crippen LogP contribution >= 0.6 is 0 Å². The molecule has 0 N–H and O–H groups in total. The van der Waals surface area contributed by atoms with Gasteiger partial charge in [-0.3, -0.25) is 0 Å². The second kappa shape index (κ2) is 6.69. The highest BCUT2D eigenvalue weighted by atomic mass is 28.4. The largest absolute Gasteiger partial charge is 0.410 e. The molecule has 0 amide bonds. The van der Waals surface area contributed by atoms with Crippen molar-refractivity contribution in [2.45, 2.75) is 78.6 Å². The van der Waals surface area contributed by atoms with E-state index >= 15 is 0 Å². The lowest BCUT2D eigenvalue weighted by atomic mass is 10.6. The summed E-state index contributed by atoms with van der Waals surface area (Å²) in [6.07, 6.45) is 1.97. The van der Waals surface area contributed by atoms with Gasteiger partial charge in [-0.2, -0.15) is 4.98 Å². The van der Waals surface area contributed by atoms with E-state index in [0.29, 0.717) is 0 Å². The predicted molar refractivity (Wildman–Crippen MR) is 120 cm³/mol. The minimum atomic E-state index is -1.54. The van der Waals surface area contributed by atoms with E-state index in [1.165, 1.54) is 0 Å². The summed E-state index contributed by atoms with van der Waals surface area (Å²) in [6, 6.07) is 2.12. The van der Waals surface area contributed by atoms with Gasteiger partial charge in [-0.1, -0.05) is 78.6 Å². The van der Waals surface area contributed by atoms with E-state index in [9.17, 15) is 0 Å². The first-order valence-electron chi connectivity index (χ1n) is 8.89. The van der Waals surface area contributed by atoms with Crippen molar-refractivity contribution in [1.29, 1.82) is 0 Å². The molecule has 0 atom stereocenters. The molecule has 0 radical (unpaired) electrons. The fourth-order valence-corrected chi connectivity index (χ4v) is 23.0. The van der Waals surface area contributed by atoms with Gasteiger partial charge in [0.05, 0.1) is 0 Å². The third kappa shape index (κ3) is 5.27. The third-order valence-corrected chi connectivity index (χ3v) is 18.0. The molecular formula is C16H38N4Si4. The molecule has 0 unspecified atom stereocenters. The van der Waals surface area contributed by atoms with E-state index in [-0.39, 0.29) is 0 Å². The standard InChI is InChI=1S/C16H38N4Si4/c1-21(2,3)19(22(4,5)6)15-13-14-17-16(18-15)20(23(7,8)9)24(10,11)12/h13-14H,1-12H3. The Bertz CT molecular complexity index is 490. The van der Waals surface area contributed by atoms with Crippen molar-refractivity contribution in [2.75, 3.05) is 8.46 Å². The smallest absolute Gasteiger partial charge is 0.210 e. The van der Waals surface area contributed by atoms with Crippen molar-refractivity contribution < 1.29 is 0 Å². The number of hydrogen-bond donors (Lipinski definition) is 0. The number of nitrogens with zero attached hydrogens (tertiary/aromatic N) is 4. The molecule has 1 heterocycles. The molecule has 8 heteroatoms. The first kappa shape index (κ1) is 21.6. The highest BCUT2D eigenvalue weighted by Crippen LogP contribution is 2.30. The molecule has 138 valence electrons. The van der Waals surface area contributed by atoms with Crippen LogP contribution in [-0.4, -0.2) is 42.9 Å². The Morgan fingerprint density at radius 2 is 1.00 bits per heavy atom. The summed E-state index contributed by atoms with van der Waals surface area (Å²) in [5.41, 5.74) is 0. The molecule has 1 aromatic rings. The lowest BCUT2D eigenvalue weighted by Gasteiger charge is -2.46. The number of anilines is 2. The Morgan fingerprint density at radius 3 is 1.33 bits per heavy atom. The highest BCUT2D eigenvalue weighted by molar-refractivity contribution is 7.00. The van der Waals surface area contributed by atoms with Gasteiger partial charge < -0.3 is 8.46 Å². The van der Waals surface area contributed by atoms with Gasteiger partial charge in [0.2, 0.25) is 5.95 Å². The Labute approximate surface area is 154 Å². The molecular weight excluding hydrogens is 361 g/mol. The van der Waals surface area contributed by atoms with Gasteiger partial charge in [-0.15, -0.1) is 0 Å².